The molecule has 0 aliphatic carbocycles. The summed E-state index contributed by atoms with van der Waals surface area (Å²) in [6.07, 6.45) is 3.20. The summed E-state index contributed by atoms with van der Waals surface area (Å²) in [6.45, 7) is 2.29. The van der Waals surface area contributed by atoms with Crippen LogP contribution in [0.2, 0.25) is 0 Å². The molecule has 0 N–H and O–H groups in total. The van der Waals surface area contributed by atoms with Gasteiger partial charge in [0.25, 0.3) is 0 Å². The van der Waals surface area contributed by atoms with Crippen LogP contribution in [-0.2, 0) is 19.4 Å². The highest BCUT2D eigenvalue weighted by Gasteiger charge is 1.97. The minimum atomic E-state index is -1.40. The Morgan fingerprint density at radius 3 is 2.50 bits per heavy atom. The maximum absolute atomic E-state index is 10.6. The van der Waals surface area contributed by atoms with Gasteiger partial charge in [0.1, 0.15) is 0 Å². The quantitative estimate of drug-likeness (QED) is 0.350. The Kier molecular flexibility index (Phi) is 5.69. The van der Waals surface area contributed by atoms with Crippen molar-refractivity contribution < 1.29 is 19.4 Å². The predicted octanol–water partition coefficient (Wildman–Crippen LogP) is 0.843. The summed E-state index contributed by atoms with van der Waals surface area (Å²) in [5.74, 6) is -2.05. The lowest BCUT2D eigenvalue weighted by Crippen LogP contribution is -2.02. The number of rotatable bonds is 5. The van der Waals surface area contributed by atoms with Crippen molar-refractivity contribution in [3.05, 3.63) is 12.2 Å². The van der Waals surface area contributed by atoms with Crippen LogP contribution in [0.3, 0.4) is 0 Å². The Hall–Kier alpha value is -1.32. The number of hydrogen-bond acceptors (Lipinski definition) is 3. The standard InChI is InChI=1S/C8H11O4/c1-2-3-6-12-8(11)5-4-7(9)10/h4-5H,2-3,6H2,1H3/b5-4-. The highest BCUT2D eigenvalue weighted by atomic mass is 16.5. The van der Waals surface area contributed by atoms with Gasteiger partial charge in [-0.25, -0.2) is 14.7 Å². The first kappa shape index (κ1) is 10.7. The summed E-state index contributed by atoms with van der Waals surface area (Å²) < 4.78 is 4.62. The van der Waals surface area contributed by atoms with Crippen molar-refractivity contribution in [2.45, 2.75) is 19.8 Å². The summed E-state index contributed by atoms with van der Waals surface area (Å²) in [6, 6.07) is 0. The minimum Gasteiger partial charge on any atom is -0.463 e. The smallest absolute Gasteiger partial charge is 0.379 e. The average molecular weight is 171 g/mol. The average Bonchev–Trinajstić information content (AvgIpc) is 2.01. The van der Waals surface area contributed by atoms with Crippen molar-refractivity contribution in [1.82, 2.24) is 0 Å². The maximum atomic E-state index is 10.6. The largest absolute Gasteiger partial charge is 0.463 e. The van der Waals surface area contributed by atoms with Gasteiger partial charge in [-0.3, -0.25) is 0 Å². The molecule has 0 heterocycles. The van der Waals surface area contributed by atoms with E-state index in [9.17, 15) is 14.7 Å². The highest BCUT2D eigenvalue weighted by molar-refractivity contribution is 5.90. The molecule has 0 spiro atoms. The molecule has 0 amide bonds. The summed E-state index contributed by atoms with van der Waals surface area (Å²) in [7, 11) is 0. The molecule has 0 rings (SSSR count). The van der Waals surface area contributed by atoms with E-state index < -0.39 is 11.9 Å². The molecule has 0 aliphatic heterocycles. The van der Waals surface area contributed by atoms with E-state index in [1.165, 1.54) is 0 Å². The van der Waals surface area contributed by atoms with Crippen LogP contribution in [0.1, 0.15) is 19.8 Å². The molecule has 0 unspecified atom stereocenters. The molecule has 0 bridgehead atoms. The molecule has 4 heteroatoms. The topological polar surface area (TPSA) is 63.3 Å². The SMILES string of the molecule is CCCCOC(=O)/C=C\C([O])=O. The number of carbonyl (C=O) groups excluding carboxylic acids is 2. The van der Waals surface area contributed by atoms with Crippen LogP contribution in [0.5, 0.6) is 0 Å². The third-order valence-electron chi connectivity index (χ3n) is 1.10. The number of unbranched alkanes of at least 4 members (excludes halogenated alkanes) is 1. The Labute approximate surface area is 70.8 Å². The van der Waals surface area contributed by atoms with Crippen molar-refractivity contribution in [3.63, 3.8) is 0 Å². The van der Waals surface area contributed by atoms with Crippen molar-refractivity contribution >= 4 is 11.9 Å². The first-order valence-electron chi connectivity index (χ1n) is 3.72. The second-order valence-corrected chi connectivity index (χ2v) is 2.17. The van der Waals surface area contributed by atoms with Crippen molar-refractivity contribution in [2.75, 3.05) is 6.61 Å². The normalized spacial score (nSPS) is 10.1. The zero-order valence-electron chi connectivity index (χ0n) is 6.91. The molecule has 0 aromatic carbocycles. The molecule has 0 aromatic heterocycles. The second kappa shape index (κ2) is 6.39. The molecule has 0 fully saturated rings. The molecule has 0 aromatic rings. The van der Waals surface area contributed by atoms with Crippen molar-refractivity contribution in [2.24, 2.45) is 0 Å². The molecule has 0 atom stereocenters. The molecule has 4 nitrogen and oxygen atoms in total. The minimum absolute atomic E-state index is 0.326. The van der Waals surface area contributed by atoms with E-state index >= 15 is 0 Å². The Morgan fingerprint density at radius 2 is 2.00 bits per heavy atom. The zero-order chi connectivity index (χ0) is 9.40. The monoisotopic (exact) mass is 171 g/mol. The third-order valence-corrected chi connectivity index (χ3v) is 1.10. The van der Waals surface area contributed by atoms with E-state index in [2.05, 4.69) is 4.74 Å². The summed E-state index contributed by atoms with van der Waals surface area (Å²) >= 11 is 0. The fourth-order valence-corrected chi connectivity index (χ4v) is 0.501. The lowest BCUT2D eigenvalue weighted by Gasteiger charge is -1.97. The van der Waals surface area contributed by atoms with Crippen LogP contribution < -0.4 is 0 Å². The number of esters is 1. The Morgan fingerprint density at radius 1 is 1.33 bits per heavy atom. The van der Waals surface area contributed by atoms with Crippen molar-refractivity contribution in [3.8, 4) is 0 Å². The zero-order valence-corrected chi connectivity index (χ0v) is 6.91. The van der Waals surface area contributed by atoms with Gasteiger partial charge in [0, 0.05) is 12.2 Å². The van der Waals surface area contributed by atoms with E-state index in [0.29, 0.717) is 12.7 Å². The van der Waals surface area contributed by atoms with Crippen LogP contribution in [0.25, 0.3) is 0 Å². The number of carbonyl (C=O) groups is 2. The van der Waals surface area contributed by atoms with Crippen LogP contribution >= 0.6 is 0 Å². The van der Waals surface area contributed by atoms with Gasteiger partial charge >= 0.3 is 11.9 Å². The molecule has 0 saturated carbocycles. The summed E-state index contributed by atoms with van der Waals surface area (Å²) in [4.78, 5) is 20.5. The van der Waals surface area contributed by atoms with Crippen LogP contribution in [0.4, 0.5) is 0 Å². The number of hydrogen-bond donors (Lipinski definition) is 0. The molecule has 12 heavy (non-hydrogen) atoms. The van der Waals surface area contributed by atoms with E-state index in [4.69, 9.17) is 0 Å². The first-order valence-corrected chi connectivity index (χ1v) is 3.72. The van der Waals surface area contributed by atoms with Gasteiger partial charge in [0.2, 0.25) is 0 Å². The van der Waals surface area contributed by atoms with Gasteiger partial charge in [-0.1, -0.05) is 13.3 Å². The fourth-order valence-electron chi connectivity index (χ4n) is 0.501. The van der Waals surface area contributed by atoms with Crippen molar-refractivity contribution in [1.29, 1.82) is 0 Å². The number of ether oxygens (including phenoxy) is 1. The maximum Gasteiger partial charge on any atom is 0.379 e. The predicted molar refractivity (Wildman–Crippen MR) is 40.7 cm³/mol. The molecule has 1 radical (unpaired) electrons. The third kappa shape index (κ3) is 6.80. The van der Waals surface area contributed by atoms with E-state index in [1.807, 2.05) is 6.92 Å². The van der Waals surface area contributed by atoms with Crippen LogP contribution in [0, 0.1) is 0 Å². The molecule has 67 valence electrons. The van der Waals surface area contributed by atoms with Gasteiger partial charge in [0.15, 0.2) is 0 Å². The lowest BCUT2D eigenvalue weighted by atomic mass is 10.4. The first-order chi connectivity index (χ1) is 5.66. The Bertz CT molecular complexity index is 183. The molecular weight excluding hydrogens is 160 g/mol. The molecule has 0 saturated heterocycles. The van der Waals surface area contributed by atoms with E-state index in [1.54, 1.807) is 0 Å². The summed E-state index contributed by atoms with van der Waals surface area (Å²) in [5, 5.41) is 9.83. The lowest BCUT2D eigenvalue weighted by molar-refractivity contribution is -0.140. The van der Waals surface area contributed by atoms with Gasteiger partial charge in [-0.15, -0.1) is 0 Å². The van der Waals surface area contributed by atoms with Crippen LogP contribution in [0.15, 0.2) is 12.2 Å². The van der Waals surface area contributed by atoms with E-state index in [-0.39, 0.29) is 0 Å². The van der Waals surface area contributed by atoms with Gasteiger partial charge in [-0.2, -0.15) is 0 Å². The second-order valence-electron chi connectivity index (χ2n) is 2.17. The molecule has 0 aliphatic rings. The van der Waals surface area contributed by atoms with Crippen LogP contribution in [-0.4, -0.2) is 18.5 Å². The van der Waals surface area contributed by atoms with Gasteiger partial charge < -0.3 is 4.74 Å². The van der Waals surface area contributed by atoms with Gasteiger partial charge in [-0.05, 0) is 6.42 Å². The fraction of sp³-hybridized carbons (Fsp3) is 0.500. The summed E-state index contributed by atoms with van der Waals surface area (Å²) in [5.41, 5.74) is 0. The van der Waals surface area contributed by atoms with Gasteiger partial charge in [0.05, 0.1) is 6.61 Å². The molecular formula is C8H11O4. The highest BCUT2D eigenvalue weighted by Crippen LogP contribution is 1.89. The Balaban J connectivity index is 3.53. The van der Waals surface area contributed by atoms with E-state index in [0.717, 1.165) is 18.9 Å².